The molecule has 0 unspecified atom stereocenters. The molecule has 0 aliphatic heterocycles. The Hall–Kier alpha value is -0.980. The minimum Gasteiger partial charge on any atom is -0.289 e. The number of hydrogen-bond acceptors (Lipinski definition) is 0. The summed E-state index contributed by atoms with van der Waals surface area (Å²) in [6.45, 7) is 6.45. The molecule has 0 aromatic heterocycles. The van der Waals surface area contributed by atoms with Crippen molar-refractivity contribution in [2.45, 2.75) is 59.3 Å². The van der Waals surface area contributed by atoms with Crippen molar-refractivity contribution in [3.8, 4) is 5.75 Å². The van der Waals surface area contributed by atoms with E-state index in [1.165, 1.54) is 5.56 Å². The van der Waals surface area contributed by atoms with Crippen molar-refractivity contribution >= 4 is 0 Å². The second kappa shape index (κ2) is 6.57. The van der Waals surface area contributed by atoms with Crippen LogP contribution in [0.15, 0.2) is 12.1 Å². The van der Waals surface area contributed by atoms with Crippen LogP contribution >= 0.6 is 0 Å². The number of benzene rings is 1. The van der Waals surface area contributed by atoms with Gasteiger partial charge in [-0.2, -0.15) is 0 Å². The lowest BCUT2D eigenvalue weighted by Crippen LogP contribution is -1.95. The average molecular weight is 219 g/mol. The largest absolute Gasteiger partial charge is 0.289 e. The Labute approximate surface area is 99.5 Å². The molecule has 0 fully saturated rings. The second-order valence-corrected chi connectivity index (χ2v) is 4.49. The molecule has 0 spiro atoms. The van der Waals surface area contributed by atoms with Crippen LogP contribution in [0, 0.1) is 0 Å². The van der Waals surface area contributed by atoms with Crippen LogP contribution in [0.4, 0.5) is 0 Å². The van der Waals surface area contributed by atoms with E-state index in [2.05, 4.69) is 32.9 Å². The average Bonchev–Trinajstić information content (AvgIpc) is 2.26. The summed E-state index contributed by atoms with van der Waals surface area (Å²) in [6.07, 6.45) is 6.19. The van der Waals surface area contributed by atoms with Crippen LogP contribution in [0.1, 0.15) is 56.7 Å². The van der Waals surface area contributed by atoms with E-state index in [9.17, 15) is 5.11 Å². The van der Waals surface area contributed by atoms with Gasteiger partial charge in [-0.05, 0) is 36.0 Å². The van der Waals surface area contributed by atoms with Crippen molar-refractivity contribution in [3.05, 3.63) is 28.8 Å². The van der Waals surface area contributed by atoms with Gasteiger partial charge in [0.2, 0.25) is 0 Å². The molecule has 1 radical (unpaired) electrons. The highest BCUT2D eigenvalue weighted by atomic mass is 16.3. The number of rotatable bonds is 6. The molecule has 0 saturated heterocycles. The van der Waals surface area contributed by atoms with Crippen LogP contribution in [-0.4, -0.2) is 0 Å². The van der Waals surface area contributed by atoms with Gasteiger partial charge in [-0.3, -0.25) is 5.11 Å². The number of hydrogen-bond donors (Lipinski definition) is 0. The van der Waals surface area contributed by atoms with Gasteiger partial charge in [-0.15, -0.1) is 0 Å². The van der Waals surface area contributed by atoms with Crippen molar-refractivity contribution in [1.82, 2.24) is 0 Å². The molecule has 0 aliphatic rings. The standard InChI is InChI=1S/C15H23O/c1-4-7-12-10-13(8-5-2)15(16)14(11-12)9-6-3/h10-11H,4-9H2,1-3H3. The van der Waals surface area contributed by atoms with E-state index in [1.807, 2.05) is 0 Å². The summed E-state index contributed by atoms with van der Waals surface area (Å²) < 4.78 is 0. The van der Waals surface area contributed by atoms with Crippen LogP contribution < -0.4 is 0 Å². The van der Waals surface area contributed by atoms with E-state index in [-0.39, 0.29) is 0 Å². The predicted molar refractivity (Wildman–Crippen MR) is 68.6 cm³/mol. The maximum Gasteiger partial charge on any atom is 0.185 e. The summed E-state index contributed by atoms with van der Waals surface area (Å²) in [5.41, 5.74) is 3.39. The highest BCUT2D eigenvalue weighted by molar-refractivity contribution is 5.44. The smallest absolute Gasteiger partial charge is 0.185 e. The van der Waals surface area contributed by atoms with E-state index in [0.717, 1.165) is 49.7 Å². The quantitative estimate of drug-likeness (QED) is 0.661. The lowest BCUT2D eigenvalue weighted by molar-refractivity contribution is 0.344. The summed E-state index contributed by atoms with van der Waals surface area (Å²) in [5, 5.41) is 12.1. The molecule has 0 saturated carbocycles. The second-order valence-electron chi connectivity index (χ2n) is 4.49. The maximum atomic E-state index is 12.1. The van der Waals surface area contributed by atoms with Crippen LogP contribution in [0.5, 0.6) is 5.75 Å². The Bertz CT molecular complexity index is 301. The fourth-order valence-corrected chi connectivity index (χ4v) is 2.17. The zero-order valence-electron chi connectivity index (χ0n) is 10.8. The zero-order chi connectivity index (χ0) is 12.0. The van der Waals surface area contributed by atoms with Gasteiger partial charge in [0.25, 0.3) is 0 Å². The highest BCUT2D eigenvalue weighted by Crippen LogP contribution is 2.28. The molecule has 1 aromatic carbocycles. The van der Waals surface area contributed by atoms with Gasteiger partial charge in [0, 0.05) is 0 Å². The molecule has 0 N–H and O–H groups in total. The predicted octanol–water partition coefficient (Wildman–Crippen LogP) is 4.69. The fourth-order valence-electron chi connectivity index (χ4n) is 2.17. The van der Waals surface area contributed by atoms with Crippen molar-refractivity contribution in [3.63, 3.8) is 0 Å². The van der Waals surface area contributed by atoms with Gasteiger partial charge in [0.05, 0.1) is 0 Å². The van der Waals surface area contributed by atoms with Gasteiger partial charge < -0.3 is 0 Å². The molecule has 0 aliphatic carbocycles. The van der Waals surface area contributed by atoms with Gasteiger partial charge >= 0.3 is 0 Å². The molecular formula is C15H23O. The molecule has 0 heterocycles. The van der Waals surface area contributed by atoms with Gasteiger partial charge in [0.1, 0.15) is 0 Å². The first-order valence-electron chi connectivity index (χ1n) is 6.54. The Kier molecular flexibility index (Phi) is 5.37. The molecule has 0 bridgehead atoms. The lowest BCUT2D eigenvalue weighted by Gasteiger charge is -2.10. The van der Waals surface area contributed by atoms with Crippen molar-refractivity contribution < 1.29 is 5.11 Å². The summed E-state index contributed by atoms with van der Waals surface area (Å²) in [7, 11) is 0. The lowest BCUT2D eigenvalue weighted by atomic mass is 9.96. The topological polar surface area (TPSA) is 19.9 Å². The highest BCUT2D eigenvalue weighted by Gasteiger charge is 2.10. The first-order chi connectivity index (χ1) is 7.72. The first kappa shape index (κ1) is 13.1. The minimum atomic E-state index is 0.295. The van der Waals surface area contributed by atoms with E-state index in [1.54, 1.807) is 0 Å². The summed E-state index contributed by atoms with van der Waals surface area (Å²) in [5.74, 6) is 0.295. The monoisotopic (exact) mass is 219 g/mol. The summed E-state index contributed by atoms with van der Waals surface area (Å²) >= 11 is 0. The van der Waals surface area contributed by atoms with Gasteiger partial charge in [-0.25, -0.2) is 0 Å². The van der Waals surface area contributed by atoms with Gasteiger partial charge in [-0.1, -0.05) is 52.2 Å². The first-order valence-corrected chi connectivity index (χ1v) is 6.54. The third-order valence-corrected chi connectivity index (χ3v) is 2.88. The normalized spacial score (nSPS) is 10.7. The van der Waals surface area contributed by atoms with Crippen molar-refractivity contribution in [2.24, 2.45) is 0 Å². The summed E-state index contributed by atoms with van der Waals surface area (Å²) in [6, 6.07) is 4.24. The molecule has 0 amide bonds. The number of aryl methyl sites for hydroxylation is 3. The maximum absolute atomic E-state index is 12.1. The molecule has 1 rings (SSSR count). The fraction of sp³-hybridized carbons (Fsp3) is 0.600. The summed E-state index contributed by atoms with van der Waals surface area (Å²) in [4.78, 5) is 0. The van der Waals surface area contributed by atoms with E-state index in [0.29, 0.717) is 5.75 Å². The van der Waals surface area contributed by atoms with E-state index in [4.69, 9.17) is 0 Å². The van der Waals surface area contributed by atoms with Crippen LogP contribution in [0.2, 0.25) is 0 Å². The Morgan fingerprint density at radius 2 is 1.25 bits per heavy atom. The van der Waals surface area contributed by atoms with E-state index >= 15 is 0 Å². The minimum absolute atomic E-state index is 0.295. The van der Waals surface area contributed by atoms with Crippen LogP contribution in [0.3, 0.4) is 0 Å². The third-order valence-electron chi connectivity index (χ3n) is 2.88. The Morgan fingerprint density at radius 3 is 1.62 bits per heavy atom. The third kappa shape index (κ3) is 3.26. The van der Waals surface area contributed by atoms with Gasteiger partial charge in [0.15, 0.2) is 5.75 Å². The molecule has 16 heavy (non-hydrogen) atoms. The molecular weight excluding hydrogens is 196 g/mol. The van der Waals surface area contributed by atoms with Crippen LogP contribution in [-0.2, 0) is 24.4 Å². The Morgan fingerprint density at radius 1 is 0.812 bits per heavy atom. The van der Waals surface area contributed by atoms with Crippen LogP contribution in [0.25, 0.3) is 0 Å². The molecule has 1 aromatic rings. The zero-order valence-corrected chi connectivity index (χ0v) is 10.8. The van der Waals surface area contributed by atoms with E-state index < -0.39 is 0 Å². The molecule has 1 heteroatoms. The molecule has 0 atom stereocenters. The molecule has 89 valence electrons. The SMILES string of the molecule is CCCc1cc(CCC)c([O])c(CCC)c1. The van der Waals surface area contributed by atoms with Crippen molar-refractivity contribution in [1.29, 1.82) is 0 Å². The molecule has 1 nitrogen and oxygen atoms in total. The van der Waals surface area contributed by atoms with Crippen molar-refractivity contribution in [2.75, 3.05) is 0 Å². The Balaban J connectivity index is 3.05.